The Morgan fingerprint density at radius 2 is 1.85 bits per heavy atom. The summed E-state index contributed by atoms with van der Waals surface area (Å²) in [5.74, 6) is -2.62. The standard InChI is InChI=1S/C30H23ClF3N9O3/c1-14(27-38-10-18(32)11-39-27)43-28-19(12-40-43)24(25(26(35)44)20(41-28)6-15-2-3-15)16-4-5-21-22(7-16)46-30(33,34)29(45)42(21)13-23-36-8-17(31)9-37-23/h4-5,7-12,14-15H,2-3,6,13H2,1H3,(H2,35,44)/t14-/m1/s1. The summed E-state index contributed by atoms with van der Waals surface area (Å²) < 4.78 is 49.9. The van der Waals surface area contributed by atoms with Gasteiger partial charge in [-0.15, -0.1) is 0 Å². The molecule has 2 N–H and O–H groups in total. The third-order valence-electron chi connectivity index (χ3n) is 7.87. The molecule has 2 amide bonds. The number of hydrogen-bond acceptors (Lipinski definition) is 9. The Morgan fingerprint density at radius 1 is 1.13 bits per heavy atom. The predicted octanol–water partition coefficient (Wildman–Crippen LogP) is 4.65. The first-order valence-corrected chi connectivity index (χ1v) is 14.5. The summed E-state index contributed by atoms with van der Waals surface area (Å²) in [7, 11) is 0. The Balaban J connectivity index is 1.39. The average Bonchev–Trinajstić information content (AvgIpc) is 3.74. The van der Waals surface area contributed by atoms with E-state index in [1.807, 2.05) is 0 Å². The maximum absolute atomic E-state index is 15.0. The van der Waals surface area contributed by atoms with Crippen LogP contribution >= 0.6 is 11.6 Å². The Morgan fingerprint density at radius 3 is 2.52 bits per heavy atom. The first-order valence-electron chi connectivity index (χ1n) is 14.2. The molecule has 0 unspecified atom stereocenters. The summed E-state index contributed by atoms with van der Waals surface area (Å²) in [6.07, 6.45) is 4.31. The number of carbonyl (C=O) groups is 2. The number of rotatable bonds is 8. The number of primary amides is 1. The Hall–Kier alpha value is -5.18. The zero-order chi connectivity index (χ0) is 32.3. The minimum atomic E-state index is -4.20. The highest BCUT2D eigenvalue weighted by Crippen LogP contribution is 2.45. The van der Waals surface area contributed by atoms with Crippen molar-refractivity contribution in [3.8, 4) is 16.9 Å². The van der Waals surface area contributed by atoms with Crippen molar-refractivity contribution in [2.24, 2.45) is 11.7 Å². The van der Waals surface area contributed by atoms with Gasteiger partial charge in [-0.25, -0.2) is 34.0 Å². The monoisotopic (exact) mass is 649 g/mol. The molecule has 7 rings (SSSR count). The zero-order valence-corrected chi connectivity index (χ0v) is 24.7. The number of fused-ring (bicyclic) bond motifs is 2. The van der Waals surface area contributed by atoms with Crippen molar-refractivity contribution in [3.63, 3.8) is 0 Å². The van der Waals surface area contributed by atoms with E-state index in [0.29, 0.717) is 40.2 Å². The molecule has 1 aliphatic carbocycles. The van der Waals surface area contributed by atoms with E-state index in [1.165, 1.54) is 30.7 Å². The second kappa shape index (κ2) is 11.0. The van der Waals surface area contributed by atoms with Gasteiger partial charge in [0, 0.05) is 23.3 Å². The lowest BCUT2D eigenvalue weighted by molar-refractivity contribution is -0.193. The lowest BCUT2D eigenvalue weighted by Crippen LogP contribution is -2.50. The number of anilines is 1. The van der Waals surface area contributed by atoms with Crippen LogP contribution in [0, 0.1) is 11.7 Å². The van der Waals surface area contributed by atoms with Crippen molar-refractivity contribution in [3.05, 3.63) is 82.9 Å². The fourth-order valence-electron chi connectivity index (χ4n) is 5.49. The molecule has 2 aliphatic rings. The molecule has 0 bridgehead atoms. The molecule has 12 nitrogen and oxygen atoms in total. The maximum Gasteiger partial charge on any atom is 0.482 e. The summed E-state index contributed by atoms with van der Waals surface area (Å²) >= 11 is 5.85. The number of amides is 2. The van der Waals surface area contributed by atoms with E-state index in [9.17, 15) is 22.8 Å². The third-order valence-corrected chi connectivity index (χ3v) is 8.06. The van der Waals surface area contributed by atoms with E-state index in [1.54, 1.807) is 17.7 Å². The van der Waals surface area contributed by atoms with Crippen LogP contribution in [0.4, 0.5) is 18.9 Å². The second-order valence-corrected chi connectivity index (χ2v) is 11.5. The fraction of sp³-hybridized carbons (Fsp3) is 0.267. The van der Waals surface area contributed by atoms with Crippen LogP contribution < -0.4 is 15.4 Å². The van der Waals surface area contributed by atoms with Gasteiger partial charge in [0.25, 0.3) is 5.91 Å². The van der Waals surface area contributed by atoms with Crippen molar-refractivity contribution < 1.29 is 27.5 Å². The summed E-state index contributed by atoms with van der Waals surface area (Å²) in [6.45, 7) is 1.38. The number of nitrogens with zero attached hydrogens (tertiary/aromatic N) is 8. The van der Waals surface area contributed by atoms with Crippen molar-refractivity contribution in [2.45, 2.75) is 44.9 Å². The van der Waals surface area contributed by atoms with Gasteiger partial charge in [-0.2, -0.15) is 13.9 Å². The van der Waals surface area contributed by atoms with Crippen LogP contribution in [0.15, 0.2) is 49.2 Å². The summed E-state index contributed by atoms with van der Waals surface area (Å²) in [6, 6.07) is 3.73. The number of aromatic nitrogens is 7. The molecule has 1 atom stereocenters. The molecule has 1 aliphatic heterocycles. The number of nitrogens with two attached hydrogens (primary N) is 1. The largest absolute Gasteiger partial charge is 0.482 e. The fourth-order valence-corrected chi connectivity index (χ4v) is 5.58. The van der Waals surface area contributed by atoms with Gasteiger partial charge in [0.15, 0.2) is 23.0 Å². The molecule has 46 heavy (non-hydrogen) atoms. The van der Waals surface area contributed by atoms with Gasteiger partial charge in [0.2, 0.25) is 0 Å². The number of ether oxygens (including phenoxy) is 1. The first kappa shape index (κ1) is 29.5. The lowest BCUT2D eigenvalue weighted by Gasteiger charge is -2.33. The van der Waals surface area contributed by atoms with Gasteiger partial charge >= 0.3 is 12.0 Å². The van der Waals surface area contributed by atoms with E-state index < -0.39 is 29.8 Å². The van der Waals surface area contributed by atoms with Gasteiger partial charge in [-0.3, -0.25) is 14.5 Å². The van der Waals surface area contributed by atoms with Gasteiger partial charge < -0.3 is 10.5 Å². The summed E-state index contributed by atoms with van der Waals surface area (Å²) in [4.78, 5) is 47.6. The van der Waals surface area contributed by atoms with E-state index in [2.05, 4.69) is 25.0 Å². The van der Waals surface area contributed by atoms with Gasteiger partial charge in [-0.05, 0) is 49.8 Å². The van der Waals surface area contributed by atoms with Crippen LogP contribution in [0.3, 0.4) is 0 Å². The van der Waals surface area contributed by atoms with Crippen LogP contribution in [0.1, 0.15) is 53.5 Å². The van der Waals surface area contributed by atoms with Gasteiger partial charge in [0.05, 0.1) is 47.1 Å². The Kier molecular flexibility index (Phi) is 7.07. The smallest absolute Gasteiger partial charge is 0.423 e. The number of alkyl halides is 2. The molecule has 1 saturated carbocycles. The summed E-state index contributed by atoms with van der Waals surface area (Å²) in [5, 5.41) is 5.14. The zero-order valence-electron chi connectivity index (χ0n) is 24.0. The molecule has 5 aromatic rings. The molecule has 234 valence electrons. The highest BCUT2D eigenvalue weighted by atomic mass is 35.5. The Labute approximate surface area is 263 Å². The normalized spacial score (nSPS) is 16.3. The third kappa shape index (κ3) is 5.25. The van der Waals surface area contributed by atoms with Crippen LogP contribution in [0.2, 0.25) is 5.02 Å². The molecule has 4 aromatic heterocycles. The SMILES string of the molecule is C[C@H](c1ncc(F)cn1)n1ncc2c(-c3ccc4c(c3)OC(F)(F)C(=O)N4Cc3ncc(Cl)cn3)c(C(N)=O)c(CC3CC3)nc21. The highest BCUT2D eigenvalue weighted by molar-refractivity contribution is 6.30. The highest BCUT2D eigenvalue weighted by Gasteiger charge is 2.51. The number of benzene rings is 1. The quantitative estimate of drug-likeness (QED) is 0.253. The number of carbonyl (C=O) groups excluding carboxylic acids is 2. The maximum atomic E-state index is 15.0. The van der Waals surface area contributed by atoms with E-state index in [4.69, 9.17) is 27.1 Å². The molecule has 1 fully saturated rings. The molecule has 0 saturated heterocycles. The molecule has 16 heteroatoms. The van der Waals surface area contributed by atoms with Crippen LogP contribution in [-0.4, -0.2) is 52.6 Å². The summed E-state index contributed by atoms with van der Waals surface area (Å²) in [5.41, 5.74) is 7.50. The second-order valence-electron chi connectivity index (χ2n) is 11.1. The van der Waals surface area contributed by atoms with Gasteiger partial charge in [0.1, 0.15) is 11.9 Å². The number of hydrogen-bond donors (Lipinski definition) is 1. The minimum Gasteiger partial charge on any atom is -0.423 e. The van der Waals surface area contributed by atoms with Gasteiger partial charge in [-0.1, -0.05) is 17.7 Å². The van der Waals surface area contributed by atoms with E-state index >= 15 is 0 Å². The van der Waals surface area contributed by atoms with Crippen LogP contribution in [0.25, 0.3) is 22.2 Å². The van der Waals surface area contributed by atoms with Crippen molar-refractivity contribution in [1.82, 2.24) is 34.7 Å². The average molecular weight is 650 g/mol. The van der Waals surface area contributed by atoms with Crippen molar-refractivity contribution in [2.75, 3.05) is 4.90 Å². The number of pyridine rings is 1. The molecule has 0 spiro atoms. The minimum absolute atomic E-state index is 0.0418. The van der Waals surface area contributed by atoms with Crippen molar-refractivity contribution >= 4 is 40.1 Å². The molecule has 5 heterocycles. The Bertz CT molecular complexity index is 2020. The number of halogens is 4. The molecular formula is C30H23ClF3N9O3. The van der Waals surface area contributed by atoms with E-state index in [0.717, 1.165) is 30.1 Å². The van der Waals surface area contributed by atoms with E-state index in [-0.39, 0.29) is 40.2 Å². The topological polar surface area (TPSA) is 155 Å². The van der Waals surface area contributed by atoms with Crippen molar-refractivity contribution in [1.29, 1.82) is 0 Å². The predicted molar refractivity (Wildman–Crippen MR) is 158 cm³/mol. The van der Waals surface area contributed by atoms with Crippen LogP contribution in [0.5, 0.6) is 5.75 Å². The molecule has 0 radical (unpaired) electrons. The lowest BCUT2D eigenvalue weighted by atomic mass is 9.93. The molecular weight excluding hydrogens is 627 g/mol. The molecule has 1 aromatic carbocycles. The first-order chi connectivity index (χ1) is 22.0. The van der Waals surface area contributed by atoms with Crippen LogP contribution in [-0.2, 0) is 17.8 Å².